The van der Waals surface area contributed by atoms with Gasteiger partial charge >= 0.3 is 5.97 Å². The first-order chi connectivity index (χ1) is 6.11. The Morgan fingerprint density at radius 3 is 2.69 bits per heavy atom. The molecule has 1 unspecified atom stereocenters. The van der Waals surface area contributed by atoms with E-state index in [0.717, 1.165) is 11.5 Å². The van der Waals surface area contributed by atoms with E-state index in [2.05, 4.69) is 0 Å². The van der Waals surface area contributed by atoms with Gasteiger partial charge in [-0.25, -0.2) is 0 Å². The Labute approximate surface area is 92.3 Å². The molecule has 0 amide bonds. The predicted molar refractivity (Wildman–Crippen MR) is 58.1 cm³/mol. The maximum Gasteiger partial charge on any atom is 0.318 e. The minimum absolute atomic E-state index is 0.0774. The molecule has 0 aliphatic carbocycles. The van der Waals surface area contributed by atoms with E-state index >= 15 is 0 Å². The predicted octanol–water partition coefficient (Wildman–Crippen LogP) is 1.45. The molecule has 13 heavy (non-hydrogen) atoms. The van der Waals surface area contributed by atoms with Crippen LogP contribution in [0.25, 0.3) is 0 Å². The molecule has 1 N–H and O–H groups in total. The van der Waals surface area contributed by atoms with Crippen molar-refractivity contribution in [3.63, 3.8) is 0 Å². The summed E-state index contributed by atoms with van der Waals surface area (Å²) in [5.74, 6) is -0.201. The summed E-state index contributed by atoms with van der Waals surface area (Å²) in [4.78, 5) is 11.1. The van der Waals surface area contributed by atoms with Crippen LogP contribution in [0.2, 0.25) is 0 Å². The fourth-order valence-corrected chi connectivity index (χ4v) is 0.847. The van der Waals surface area contributed by atoms with Crippen LogP contribution in [0.5, 0.6) is 0 Å². The zero-order valence-electron chi connectivity index (χ0n) is 7.99. The average molecular weight is 301 g/mol. The van der Waals surface area contributed by atoms with E-state index < -0.39 is 0 Å². The Bertz CT molecular complexity index is 154. The van der Waals surface area contributed by atoms with Gasteiger partial charge in [-0.3, -0.25) is 4.79 Å². The normalized spacial score (nSPS) is 13.0. The minimum atomic E-state index is -0.201. The summed E-state index contributed by atoms with van der Waals surface area (Å²) in [6, 6.07) is 0. The quantitative estimate of drug-likeness (QED) is 0.349. The topological polar surface area (TPSA) is 49.8 Å². The third kappa shape index (κ3) is 6.23. The molecule has 0 bridgehead atoms. The van der Waals surface area contributed by atoms with Gasteiger partial charge in [-0.15, -0.1) is 0 Å². The molecule has 0 radical (unpaired) electrons. The van der Waals surface area contributed by atoms with Crippen LogP contribution in [0.1, 0.15) is 20.3 Å². The van der Waals surface area contributed by atoms with Crippen LogP contribution in [0.15, 0.2) is 0 Å². The van der Waals surface area contributed by atoms with Crippen molar-refractivity contribution in [1.29, 1.82) is 0 Å². The Hall–Kier alpha value is 0.120. The molecule has 0 spiro atoms. The fraction of sp³-hybridized carbons (Fsp3) is 0.875. The monoisotopic (exact) mass is 301 g/mol. The molecule has 4 nitrogen and oxygen atoms in total. The molecule has 0 aromatic carbocycles. The number of hydrogen-bond donors (Lipinski definition) is 1. The maximum atomic E-state index is 11.1. The summed E-state index contributed by atoms with van der Waals surface area (Å²) < 4.78 is 4.84. The van der Waals surface area contributed by atoms with Gasteiger partial charge in [0.25, 0.3) is 0 Å². The van der Waals surface area contributed by atoms with Crippen LogP contribution in [0.4, 0.5) is 0 Å². The van der Waals surface area contributed by atoms with E-state index in [1.807, 2.05) is 36.4 Å². The van der Waals surface area contributed by atoms with Crippen molar-refractivity contribution >= 4 is 28.6 Å². The maximum absolute atomic E-state index is 11.1. The van der Waals surface area contributed by atoms with Crippen LogP contribution >= 0.6 is 22.6 Å². The molecule has 0 aromatic heterocycles. The van der Waals surface area contributed by atoms with Crippen molar-refractivity contribution in [2.75, 3.05) is 19.7 Å². The van der Waals surface area contributed by atoms with Crippen LogP contribution in [0.3, 0.4) is 0 Å². The number of alkyl halides is 1. The van der Waals surface area contributed by atoms with E-state index in [1.165, 1.54) is 0 Å². The molecule has 0 aliphatic heterocycles. The van der Waals surface area contributed by atoms with Gasteiger partial charge in [0.1, 0.15) is 10.5 Å². The number of halogens is 1. The summed E-state index contributed by atoms with van der Waals surface area (Å²) in [5, 5.41) is 10.1. The third-order valence-electron chi connectivity index (χ3n) is 1.57. The van der Waals surface area contributed by atoms with Gasteiger partial charge in [-0.2, -0.15) is 5.06 Å². The lowest BCUT2D eigenvalue weighted by molar-refractivity contribution is -0.147. The molecule has 0 aromatic rings. The zero-order chi connectivity index (χ0) is 10.3. The highest BCUT2D eigenvalue weighted by Crippen LogP contribution is 2.06. The van der Waals surface area contributed by atoms with Gasteiger partial charge < -0.3 is 9.94 Å². The number of carbonyl (C=O) groups excluding carboxylic acids is 1. The van der Waals surface area contributed by atoms with Gasteiger partial charge in [0.05, 0.1) is 6.54 Å². The highest BCUT2D eigenvalue weighted by atomic mass is 127. The Morgan fingerprint density at radius 2 is 2.23 bits per heavy atom. The van der Waals surface area contributed by atoms with Crippen molar-refractivity contribution in [3.05, 3.63) is 0 Å². The van der Waals surface area contributed by atoms with E-state index in [0.29, 0.717) is 13.1 Å². The number of nitrogens with zero attached hydrogens (tertiary/aromatic N) is 1. The van der Waals surface area contributed by atoms with E-state index in [-0.39, 0.29) is 16.5 Å². The molecule has 0 fully saturated rings. The first-order valence-corrected chi connectivity index (χ1v) is 5.60. The highest BCUT2D eigenvalue weighted by molar-refractivity contribution is 14.1. The second kappa shape index (κ2) is 7.52. The van der Waals surface area contributed by atoms with E-state index in [4.69, 9.17) is 9.94 Å². The van der Waals surface area contributed by atoms with E-state index in [9.17, 15) is 4.79 Å². The highest BCUT2D eigenvalue weighted by Gasteiger charge is 2.13. The largest absolute Gasteiger partial charge is 0.463 e. The number of likely N-dealkylation sites (N-methyl/N-ethyl adjacent to an activating group) is 1. The summed E-state index contributed by atoms with van der Waals surface area (Å²) >= 11 is 2.05. The summed E-state index contributed by atoms with van der Waals surface area (Å²) in [5.41, 5.74) is 0. The number of esters is 1. The lowest BCUT2D eigenvalue weighted by Crippen LogP contribution is -2.26. The minimum Gasteiger partial charge on any atom is -0.463 e. The number of hydrogen-bond acceptors (Lipinski definition) is 4. The molecule has 5 heteroatoms. The van der Waals surface area contributed by atoms with Crippen molar-refractivity contribution in [3.8, 4) is 0 Å². The molecular formula is C8H16INO3. The number of ether oxygens (including phenoxy) is 1. The average Bonchev–Trinajstić information content (AvgIpc) is 2.15. The lowest BCUT2D eigenvalue weighted by atomic mass is 10.3. The molecule has 0 rings (SSSR count). The van der Waals surface area contributed by atoms with Gasteiger partial charge in [0, 0.05) is 6.54 Å². The Balaban J connectivity index is 3.47. The Morgan fingerprint density at radius 1 is 1.62 bits per heavy atom. The van der Waals surface area contributed by atoms with Gasteiger partial charge in [-0.05, 0) is 6.42 Å². The zero-order valence-corrected chi connectivity index (χ0v) is 10.2. The third-order valence-corrected chi connectivity index (χ3v) is 2.96. The number of rotatable bonds is 6. The summed E-state index contributed by atoms with van der Waals surface area (Å²) in [6.07, 6.45) is 0.774. The molecule has 78 valence electrons. The van der Waals surface area contributed by atoms with Crippen LogP contribution in [-0.4, -0.2) is 39.9 Å². The SMILES string of the molecule is CCC(I)C(=O)OCCN(O)CC. The van der Waals surface area contributed by atoms with Crippen LogP contribution in [-0.2, 0) is 9.53 Å². The number of carbonyl (C=O) groups is 1. The lowest BCUT2D eigenvalue weighted by Gasteiger charge is -2.12. The van der Waals surface area contributed by atoms with Gasteiger partial charge in [0.15, 0.2) is 0 Å². The van der Waals surface area contributed by atoms with Gasteiger partial charge in [0.2, 0.25) is 0 Å². The Kier molecular flexibility index (Phi) is 7.59. The van der Waals surface area contributed by atoms with Gasteiger partial charge in [-0.1, -0.05) is 36.4 Å². The van der Waals surface area contributed by atoms with Crippen LogP contribution < -0.4 is 0 Å². The summed E-state index contributed by atoms with van der Waals surface area (Å²) in [7, 11) is 0. The molecule has 0 aliphatic rings. The molecule has 0 saturated carbocycles. The molecule has 0 heterocycles. The fourth-order valence-electron chi connectivity index (χ4n) is 0.667. The summed E-state index contributed by atoms with van der Waals surface area (Å²) in [6.45, 7) is 4.93. The standard InChI is InChI=1S/C8H16INO3/c1-3-7(9)8(11)13-6-5-10(12)4-2/h7,12H,3-6H2,1-2H3. The molecular weight excluding hydrogens is 285 g/mol. The van der Waals surface area contributed by atoms with Crippen molar-refractivity contribution in [1.82, 2.24) is 5.06 Å². The smallest absolute Gasteiger partial charge is 0.318 e. The van der Waals surface area contributed by atoms with Crippen molar-refractivity contribution in [2.45, 2.75) is 24.2 Å². The van der Waals surface area contributed by atoms with Crippen LogP contribution in [0, 0.1) is 0 Å². The number of hydroxylamine groups is 2. The first-order valence-electron chi connectivity index (χ1n) is 4.36. The second-order valence-electron chi connectivity index (χ2n) is 2.59. The first kappa shape index (κ1) is 13.1. The molecule has 1 atom stereocenters. The van der Waals surface area contributed by atoms with Crippen molar-refractivity contribution in [2.24, 2.45) is 0 Å². The van der Waals surface area contributed by atoms with E-state index in [1.54, 1.807) is 0 Å². The van der Waals surface area contributed by atoms with Crippen molar-refractivity contribution < 1.29 is 14.7 Å². The second-order valence-corrected chi connectivity index (χ2v) is 4.09. The molecule has 0 saturated heterocycles.